The lowest BCUT2D eigenvalue weighted by Gasteiger charge is -2.29. The molecule has 5 rings (SSSR count). The van der Waals surface area contributed by atoms with Crippen molar-refractivity contribution in [1.29, 1.82) is 0 Å². The molecule has 154 valence electrons. The number of nitrogens with zero attached hydrogens (tertiary/aromatic N) is 2. The molecule has 31 heavy (non-hydrogen) atoms. The van der Waals surface area contributed by atoms with E-state index in [2.05, 4.69) is 39.5 Å². The predicted molar refractivity (Wildman–Crippen MR) is 132 cm³/mol. The zero-order chi connectivity index (χ0) is 21.2. The Morgan fingerprint density at radius 1 is 0.903 bits per heavy atom. The first-order valence-corrected chi connectivity index (χ1v) is 11.5. The van der Waals surface area contributed by atoms with Crippen molar-refractivity contribution < 1.29 is 0 Å². The number of rotatable bonds is 4. The van der Waals surface area contributed by atoms with Crippen LogP contribution in [-0.2, 0) is 6.54 Å². The third-order valence-corrected chi connectivity index (χ3v) is 6.70. The second kappa shape index (κ2) is 8.67. The Hall–Kier alpha value is -2.93. The summed E-state index contributed by atoms with van der Waals surface area (Å²) in [5.41, 5.74) is 3.26. The summed E-state index contributed by atoms with van der Waals surface area (Å²) >= 11 is 13.3. The molecule has 0 aliphatic carbocycles. The highest BCUT2D eigenvalue weighted by molar-refractivity contribution is 7.73. The molecule has 2 N–H and O–H groups in total. The summed E-state index contributed by atoms with van der Waals surface area (Å²) in [7, 11) is 0. The van der Waals surface area contributed by atoms with Gasteiger partial charge in [0.05, 0.1) is 6.54 Å². The molecular weight excluding hydrogens is 444 g/mol. The van der Waals surface area contributed by atoms with Crippen LogP contribution in [0.2, 0.25) is 5.02 Å². The second-order valence-electron chi connectivity index (χ2n) is 7.14. The van der Waals surface area contributed by atoms with Crippen LogP contribution in [0.5, 0.6) is 0 Å². The zero-order valence-corrected chi connectivity index (χ0v) is 18.8. The van der Waals surface area contributed by atoms with Crippen molar-refractivity contribution >= 4 is 46.8 Å². The van der Waals surface area contributed by atoms with E-state index in [1.165, 1.54) is 0 Å². The summed E-state index contributed by atoms with van der Waals surface area (Å²) in [5, 5.41) is 7.92. The Labute approximate surface area is 194 Å². The Bertz CT molecular complexity index is 1280. The molecular formula is C24H19ClN4S2. The topological polar surface area (TPSA) is 41.4 Å². The van der Waals surface area contributed by atoms with Crippen LogP contribution < -0.4 is 10.6 Å². The number of amidine groups is 1. The van der Waals surface area contributed by atoms with Gasteiger partial charge in [-0.05, 0) is 47.6 Å². The van der Waals surface area contributed by atoms with Crippen molar-refractivity contribution in [3.63, 3.8) is 0 Å². The largest absolute Gasteiger partial charge is 0.346 e. The first-order chi connectivity index (χ1) is 15.2. The number of fused-ring (bicyclic) bond motifs is 1. The highest BCUT2D eigenvalue weighted by atomic mass is 35.5. The third kappa shape index (κ3) is 4.14. The van der Waals surface area contributed by atoms with Crippen molar-refractivity contribution in [3.05, 3.63) is 110 Å². The summed E-state index contributed by atoms with van der Waals surface area (Å²) in [6.07, 6.45) is -0.114. The smallest absolute Gasteiger partial charge is 0.168 e. The van der Waals surface area contributed by atoms with Crippen molar-refractivity contribution in [2.75, 3.05) is 5.32 Å². The van der Waals surface area contributed by atoms with Crippen molar-refractivity contribution in [3.8, 4) is 5.69 Å². The van der Waals surface area contributed by atoms with E-state index in [4.69, 9.17) is 28.8 Å². The second-order valence-corrected chi connectivity index (χ2v) is 9.22. The van der Waals surface area contributed by atoms with E-state index in [0.717, 1.165) is 42.3 Å². The number of aromatic nitrogens is 1. The number of hydrogen-bond donors (Lipinski definition) is 2. The molecule has 1 aliphatic heterocycles. The number of anilines is 1. The van der Waals surface area contributed by atoms with E-state index < -0.39 is 0 Å². The molecule has 1 aliphatic rings. The zero-order valence-electron chi connectivity index (χ0n) is 16.5. The van der Waals surface area contributed by atoms with Gasteiger partial charge in [0.15, 0.2) is 3.95 Å². The maximum Gasteiger partial charge on any atom is 0.168 e. The molecule has 0 radical (unpaired) electrons. The molecule has 3 aromatic carbocycles. The number of aliphatic imine (C=N–C) groups is 1. The van der Waals surface area contributed by atoms with Crippen LogP contribution in [-0.4, -0.2) is 10.4 Å². The molecule has 2 heterocycles. The van der Waals surface area contributed by atoms with E-state index in [-0.39, 0.29) is 6.17 Å². The minimum Gasteiger partial charge on any atom is -0.346 e. The number of hydrogen-bond acceptors (Lipinski definition) is 4. The van der Waals surface area contributed by atoms with Crippen LogP contribution in [0, 0.1) is 3.95 Å². The average molecular weight is 463 g/mol. The van der Waals surface area contributed by atoms with E-state index in [1.54, 1.807) is 11.3 Å². The molecule has 0 fully saturated rings. The Balaban J connectivity index is 1.59. The van der Waals surface area contributed by atoms with Gasteiger partial charge in [-0.3, -0.25) is 9.56 Å². The maximum absolute atomic E-state index is 6.02. The van der Waals surface area contributed by atoms with Crippen LogP contribution in [0.3, 0.4) is 0 Å². The molecule has 4 aromatic rings. The molecule has 1 unspecified atom stereocenters. The van der Waals surface area contributed by atoms with E-state index in [9.17, 15) is 0 Å². The maximum atomic E-state index is 6.02. The first-order valence-electron chi connectivity index (χ1n) is 9.87. The van der Waals surface area contributed by atoms with Gasteiger partial charge in [0.2, 0.25) is 0 Å². The number of thiazole rings is 1. The van der Waals surface area contributed by atoms with Gasteiger partial charge in [-0.15, -0.1) is 0 Å². The van der Waals surface area contributed by atoms with E-state index >= 15 is 0 Å². The van der Waals surface area contributed by atoms with Gasteiger partial charge >= 0.3 is 0 Å². The van der Waals surface area contributed by atoms with Gasteiger partial charge in [0.1, 0.15) is 22.7 Å². The summed E-state index contributed by atoms with van der Waals surface area (Å²) in [6.45, 7) is 0.552. The highest BCUT2D eigenvalue weighted by Gasteiger charge is 2.28. The SMILES string of the molecule is S=c1sc2c(n1-c1ccccc1)NC(c1ccccc1)NC2=NCc1ccc(Cl)cc1. The Morgan fingerprint density at radius 3 is 2.29 bits per heavy atom. The molecule has 4 nitrogen and oxygen atoms in total. The number of para-hydroxylation sites is 1. The molecule has 0 spiro atoms. The van der Waals surface area contributed by atoms with Gasteiger partial charge in [0, 0.05) is 10.7 Å². The molecule has 0 saturated heterocycles. The number of benzene rings is 3. The first kappa shape index (κ1) is 20.0. The summed E-state index contributed by atoms with van der Waals surface area (Å²) < 4.78 is 2.86. The molecule has 0 amide bonds. The van der Waals surface area contributed by atoms with Crippen molar-refractivity contribution in [1.82, 2.24) is 9.88 Å². The normalized spacial score (nSPS) is 16.4. The van der Waals surface area contributed by atoms with Crippen molar-refractivity contribution in [2.24, 2.45) is 4.99 Å². The monoisotopic (exact) mass is 462 g/mol. The van der Waals surface area contributed by atoms with Crippen LogP contribution in [0.1, 0.15) is 22.2 Å². The quantitative estimate of drug-likeness (QED) is 0.336. The lowest BCUT2D eigenvalue weighted by Crippen LogP contribution is -2.39. The average Bonchev–Trinajstić information content (AvgIpc) is 3.15. The van der Waals surface area contributed by atoms with Gasteiger partial charge in [-0.2, -0.15) is 0 Å². The number of halogens is 1. The molecule has 1 atom stereocenters. The fourth-order valence-electron chi connectivity index (χ4n) is 3.54. The lowest BCUT2D eigenvalue weighted by atomic mass is 10.1. The fraction of sp³-hybridized carbons (Fsp3) is 0.0833. The third-order valence-electron chi connectivity index (χ3n) is 5.07. The highest BCUT2D eigenvalue weighted by Crippen LogP contribution is 2.34. The van der Waals surface area contributed by atoms with E-state index in [0.29, 0.717) is 6.54 Å². The van der Waals surface area contributed by atoms with Crippen LogP contribution in [0.15, 0.2) is 89.9 Å². The molecule has 1 aromatic heterocycles. The van der Waals surface area contributed by atoms with Gasteiger partial charge in [0.25, 0.3) is 0 Å². The van der Waals surface area contributed by atoms with E-state index in [1.807, 2.05) is 60.7 Å². The minimum atomic E-state index is -0.114. The van der Waals surface area contributed by atoms with Crippen LogP contribution in [0.25, 0.3) is 5.69 Å². The Kier molecular flexibility index (Phi) is 5.59. The van der Waals surface area contributed by atoms with Gasteiger partial charge in [-0.1, -0.05) is 83.6 Å². The fourth-order valence-corrected chi connectivity index (χ4v) is 5.04. The lowest BCUT2D eigenvalue weighted by molar-refractivity contribution is 0.708. The summed E-state index contributed by atoms with van der Waals surface area (Å²) in [6, 6.07) is 28.2. The van der Waals surface area contributed by atoms with Gasteiger partial charge in [-0.25, -0.2) is 0 Å². The molecule has 0 bridgehead atoms. The summed E-state index contributed by atoms with van der Waals surface area (Å²) in [5.74, 6) is 1.80. The van der Waals surface area contributed by atoms with Crippen LogP contribution in [0.4, 0.5) is 5.82 Å². The summed E-state index contributed by atoms with van der Waals surface area (Å²) in [4.78, 5) is 5.93. The minimum absolute atomic E-state index is 0.114. The molecule has 0 saturated carbocycles. The predicted octanol–water partition coefficient (Wildman–Crippen LogP) is 6.58. The van der Waals surface area contributed by atoms with Crippen LogP contribution >= 0.6 is 35.2 Å². The number of nitrogens with one attached hydrogen (secondary N) is 2. The molecule has 7 heteroatoms. The van der Waals surface area contributed by atoms with Gasteiger partial charge < -0.3 is 10.6 Å². The van der Waals surface area contributed by atoms with Crippen molar-refractivity contribution in [2.45, 2.75) is 12.7 Å². The Morgan fingerprint density at radius 2 is 1.58 bits per heavy atom. The standard InChI is InChI=1S/C24H19ClN4S2/c25-18-13-11-16(12-14-18)15-26-22-20-23(28-21(27-22)17-7-3-1-4-8-17)29(24(30)31-20)19-9-5-2-6-10-19/h1-14,21,28H,15H2,(H,26,27).